The van der Waals surface area contributed by atoms with Crippen LogP contribution in [0.4, 0.5) is 22.0 Å². The number of carbonyl (C=O) groups is 1. The van der Waals surface area contributed by atoms with Crippen molar-refractivity contribution in [1.82, 2.24) is 10.3 Å². The molecule has 0 aromatic carbocycles. The zero-order valence-corrected chi connectivity index (χ0v) is 12.7. The minimum absolute atomic E-state index is 0.0661. The standard InChI is InChI=1S/C15H17F5N2O2/c16-14(17)4-1-11(2-5-14)13(23)22-8-10-3-6-21-12(7-10)24-9-15(18,19)20/h3,6-7,11H,1-2,4-5,8-9H2,(H,22,23). The van der Waals surface area contributed by atoms with Crippen molar-refractivity contribution in [3.8, 4) is 5.88 Å². The number of hydrogen-bond acceptors (Lipinski definition) is 3. The minimum atomic E-state index is -4.46. The molecule has 0 radical (unpaired) electrons. The molecule has 134 valence electrons. The van der Waals surface area contributed by atoms with Gasteiger partial charge in [-0.1, -0.05) is 0 Å². The second kappa shape index (κ2) is 7.31. The van der Waals surface area contributed by atoms with Crippen LogP contribution in [0.1, 0.15) is 31.2 Å². The first-order chi connectivity index (χ1) is 11.1. The normalized spacial score (nSPS) is 18.2. The van der Waals surface area contributed by atoms with E-state index in [1.165, 1.54) is 18.3 Å². The van der Waals surface area contributed by atoms with E-state index in [9.17, 15) is 26.7 Å². The van der Waals surface area contributed by atoms with E-state index in [4.69, 9.17) is 0 Å². The minimum Gasteiger partial charge on any atom is -0.468 e. The van der Waals surface area contributed by atoms with Gasteiger partial charge >= 0.3 is 6.18 Å². The summed E-state index contributed by atoms with van der Waals surface area (Å²) in [7, 11) is 0. The summed E-state index contributed by atoms with van der Waals surface area (Å²) < 4.78 is 66.9. The van der Waals surface area contributed by atoms with E-state index in [2.05, 4.69) is 15.0 Å². The molecule has 1 heterocycles. The maximum absolute atomic E-state index is 13.1. The highest BCUT2D eigenvalue weighted by Gasteiger charge is 2.37. The van der Waals surface area contributed by atoms with Crippen LogP contribution >= 0.6 is 0 Å². The van der Waals surface area contributed by atoms with Crippen LogP contribution in [0.15, 0.2) is 18.3 Å². The van der Waals surface area contributed by atoms with Crippen LogP contribution in [0.25, 0.3) is 0 Å². The number of rotatable bonds is 5. The molecule has 1 aliphatic carbocycles. The lowest BCUT2D eigenvalue weighted by Crippen LogP contribution is -2.35. The molecule has 2 rings (SSSR count). The summed E-state index contributed by atoms with van der Waals surface area (Å²) in [6.45, 7) is -1.39. The zero-order valence-electron chi connectivity index (χ0n) is 12.7. The van der Waals surface area contributed by atoms with Crippen LogP contribution in [0.5, 0.6) is 5.88 Å². The van der Waals surface area contributed by atoms with Gasteiger partial charge in [0.05, 0.1) is 0 Å². The smallest absolute Gasteiger partial charge is 0.422 e. The molecular weight excluding hydrogens is 335 g/mol. The van der Waals surface area contributed by atoms with Crippen molar-refractivity contribution >= 4 is 5.91 Å². The third kappa shape index (κ3) is 5.93. The number of aromatic nitrogens is 1. The van der Waals surface area contributed by atoms with E-state index in [0.29, 0.717) is 5.56 Å². The Labute approximate surface area is 135 Å². The van der Waals surface area contributed by atoms with Gasteiger partial charge in [-0.25, -0.2) is 13.8 Å². The van der Waals surface area contributed by atoms with Gasteiger partial charge in [-0.2, -0.15) is 13.2 Å². The number of amides is 1. The van der Waals surface area contributed by atoms with Gasteiger partial charge in [0.1, 0.15) is 0 Å². The van der Waals surface area contributed by atoms with Crippen molar-refractivity contribution in [3.63, 3.8) is 0 Å². The molecule has 1 aliphatic rings. The van der Waals surface area contributed by atoms with Crippen molar-refractivity contribution in [1.29, 1.82) is 0 Å². The molecule has 24 heavy (non-hydrogen) atoms. The molecule has 0 atom stereocenters. The van der Waals surface area contributed by atoms with E-state index >= 15 is 0 Å². The molecule has 0 saturated heterocycles. The summed E-state index contributed by atoms with van der Waals surface area (Å²) in [6.07, 6.45) is -3.57. The zero-order chi connectivity index (χ0) is 17.8. The van der Waals surface area contributed by atoms with Gasteiger partial charge in [-0.15, -0.1) is 0 Å². The Kier molecular flexibility index (Phi) is 5.61. The van der Waals surface area contributed by atoms with E-state index in [-0.39, 0.29) is 44.0 Å². The predicted molar refractivity (Wildman–Crippen MR) is 74.5 cm³/mol. The molecule has 0 spiro atoms. The van der Waals surface area contributed by atoms with Crippen molar-refractivity contribution in [2.24, 2.45) is 5.92 Å². The van der Waals surface area contributed by atoms with Gasteiger partial charge in [0.15, 0.2) is 6.61 Å². The van der Waals surface area contributed by atoms with Crippen molar-refractivity contribution < 1.29 is 31.5 Å². The van der Waals surface area contributed by atoms with E-state index < -0.39 is 24.6 Å². The second-order valence-corrected chi connectivity index (χ2v) is 5.75. The predicted octanol–water partition coefficient (Wildman–Crippen LogP) is 3.46. The molecule has 0 unspecified atom stereocenters. The number of nitrogens with zero attached hydrogens (tertiary/aromatic N) is 1. The number of ether oxygens (including phenoxy) is 1. The van der Waals surface area contributed by atoms with Gasteiger partial charge in [-0.3, -0.25) is 4.79 Å². The molecule has 1 aromatic heterocycles. The highest BCUT2D eigenvalue weighted by atomic mass is 19.4. The molecule has 1 aromatic rings. The highest BCUT2D eigenvalue weighted by Crippen LogP contribution is 2.36. The van der Waals surface area contributed by atoms with Crippen molar-refractivity contribution in [2.45, 2.75) is 44.3 Å². The molecule has 1 amide bonds. The SMILES string of the molecule is O=C(NCc1ccnc(OCC(F)(F)F)c1)C1CCC(F)(F)CC1. The van der Waals surface area contributed by atoms with Gasteiger partial charge in [0.25, 0.3) is 0 Å². The summed E-state index contributed by atoms with van der Waals surface area (Å²) >= 11 is 0. The number of halogens is 5. The van der Waals surface area contributed by atoms with Crippen LogP contribution in [0, 0.1) is 5.92 Å². The average Bonchev–Trinajstić information content (AvgIpc) is 2.50. The van der Waals surface area contributed by atoms with Crippen LogP contribution in [-0.2, 0) is 11.3 Å². The number of carbonyl (C=O) groups excluding carboxylic acids is 1. The third-order valence-electron chi connectivity index (χ3n) is 3.74. The fourth-order valence-corrected chi connectivity index (χ4v) is 2.43. The van der Waals surface area contributed by atoms with Crippen LogP contribution < -0.4 is 10.1 Å². The molecule has 9 heteroatoms. The fraction of sp³-hybridized carbons (Fsp3) is 0.600. The van der Waals surface area contributed by atoms with Gasteiger partial charge < -0.3 is 10.1 Å². The number of hydrogen-bond donors (Lipinski definition) is 1. The first-order valence-electron chi connectivity index (χ1n) is 7.45. The summed E-state index contributed by atoms with van der Waals surface area (Å²) in [5.74, 6) is -3.70. The Balaban J connectivity index is 1.82. The van der Waals surface area contributed by atoms with E-state index in [1.807, 2.05) is 0 Å². The van der Waals surface area contributed by atoms with Crippen LogP contribution in [0.2, 0.25) is 0 Å². The van der Waals surface area contributed by atoms with Crippen molar-refractivity contribution in [3.05, 3.63) is 23.9 Å². The monoisotopic (exact) mass is 352 g/mol. The molecular formula is C15H17F5N2O2. The third-order valence-corrected chi connectivity index (χ3v) is 3.74. The maximum atomic E-state index is 13.1. The molecule has 1 saturated carbocycles. The summed E-state index contributed by atoms with van der Waals surface area (Å²) in [6, 6.07) is 2.82. The number of nitrogens with one attached hydrogen (secondary N) is 1. The van der Waals surface area contributed by atoms with E-state index in [0.717, 1.165) is 0 Å². The Bertz CT molecular complexity index is 567. The molecule has 4 nitrogen and oxygen atoms in total. The summed E-state index contributed by atoms with van der Waals surface area (Å²) in [5.41, 5.74) is 0.511. The van der Waals surface area contributed by atoms with Crippen LogP contribution in [0.3, 0.4) is 0 Å². The Morgan fingerprint density at radius 2 is 2.00 bits per heavy atom. The first-order valence-corrected chi connectivity index (χ1v) is 7.45. The van der Waals surface area contributed by atoms with Gasteiger partial charge in [0.2, 0.25) is 17.7 Å². The topological polar surface area (TPSA) is 51.2 Å². The molecule has 1 N–H and O–H groups in total. The lowest BCUT2D eigenvalue weighted by molar-refractivity contribution is -0.154. The lowest BCUT2D eigenvalue weighted by Gasteiger charge is -2.27. The largest absolute Gasteiger partial charge is 0.468 e. The average molecular weight is 352 g/mol. The van der Waals surface area contributed by atoms with Gasteiger partial charge in [0, 0.05) is 37.6 Å². The summed E-state index contributed by atoms with van der Waals surface area (Å²) in [4.78, 5) is 15.6. The lowest BCUT2D eigenvalue weighted by atomic mass is 9.86. The summed E-state index contributed by atoms with van der Waals surface area (Å²) in [5, 5.41) is 2.61. The Morgan fingerprint density at radius 3 is 2.62 bits per heavy atom. The molecule has 0 aliphatic heterocycles. The first kappa shape index (κ1) is 18.4. The molecule has 0 bridgehead atoms. The Hall–Kier alpha value is -1.93. The van der Waals surface area contributed by atoms with Crippen LogP contribution in [-0.4, -0.2) is 29.6 Å². The quantitative estimate of drug-likeness (QED) is 0.826. The fourth-order valence-electron chi connectivity index (χ4n) is 2.43. The van der Waals surface area contributed by atoms with E-state index in [1.54, 1.807) is 0 Å². The number of pyridine rings is 1. The number of alkyl halides is 5. The van der Waals surface area contributed by atoms with Crippen molar-refractivity contribution in [2.75, 3.05) is 6.61 Å². The maximum Gasteiger partial charge on any atom is 0.422 e. The molecule has 1 fully saturated rings. The Morgan fingerprint density at radius 1 is 1.33 bits per heavy atom. The van der Waals surface area contributed by atoms with Gasteiger partial charge in [-0.05, 0) is 24.5 Å². The highest BCUT2D eigenvalue weighted by molar-refractivity contribution is 5.78. The second-order valence-electron chi connectivity index (χ2n) is 5.75.